The maximum atomic E-state index is 13.0. The number of morpholine rings is 1. The van der Waals surface area contributed by atoms with Gasteiger partial charge in [0.25, 0.3) is 0 Å². The average Bonchev–Trinajstić information content (AvgIpc) is 2.72. The molecule has 2 aromatic rings. The van der Waals surface area contributed by atoms with Gasteiger partial charge in [-0.15, -0.1) is 0 Å². The number of esters is 1. The minimum Gasteiger partial charge on any atom is -0.465 e. The van der Waals surface area contributed by atoms with E-state index in [1.165, 1.54) is 11.4 Å². The fourth-order valence-electron chi connectivity index (χ4n) is 2.94. The van der Waals surface area contributed by atoms with E-state index >= 15 is 0 Å². The van der Waals surface area contributed by atoms with E-state index in [1.54, 1.807) is 48.5 Å². The zero-order chi connectivity index (χ0) is 19.3. The molecule has 1 N–H and O–H groups in total. The summed E-state index contributed by atoms with van der Waals surface area (Å²) in [5.41, 5.74) is 1.61. The normalized spacial score (nSPS) is 15.3. The van der Waals surface area contributed by atoms with Gasteiger partial charge in [0.1, 0.15) is 0 Å². The molecular weight excluding hydrogens is 368 g/mol. The molecule has 1 fully saturated rings. The standard InChI is InChI=1S/C19H22N2O5S/c1-25-19(22)16-7-3-4-8-17(16)20-14-15-6-2-5-9-18(15)27(23,24)21-10-12-26-13-11-21/h2-9,20H,10-14H2,1H3. The van der Waals surface area contributed by atoms with E-state index in [0.29, 0.717) is 43.1 Å². The highest BCUT2D eigenvalue weighted by molar-refractivity contribution is 7.89. The minimum atomic E-state index is -3.61. The Morgan fingerprint density at radius 1 is 1.11 bits per heavy atom. The maximum Gasteiger partial charge on any atom is 0.339 e. The van der Waals surface area contributed by atoms with Gasteiger partial charge in [0.05, 0.1) is 30.8 Å². The molecule has 0 aromatic heterocycles. The predicted molar refractivity (Wildman–Crippen MR) is 101 cm³/mol. The SMILES string of the molecule is COC(=O)c1ccccc1NCc1ccccc1S(=O)(=O)N1CCOCC1. The zero-order valence-electron chi connectivity index (χ0n) is 15.1. The molecule has 144 valence electrons. The first-order chi connectivity index (χ1) is 13.0. The lowest BCUT2D eigenvalue weighted by atomic mass is 10.1. The largest absolute Gasteiger partial charge is 0.465 e. The van der Waals surface area contributed by atoms with Crippen LogP contribution in [-0.4, -0.2) is 52.1 Å². The molecule has 0 radical (unpaired) electrons. The van der Waals surface area contributed by atoms with Gasteiger partial charge in [-0.3, -0.25) is 0 Å². The summed E-state index contributed by atoms with van der Waals surface area (Å²) in [7, 11) is -2.28. The molecule has 3 rings (SSSR count). The van der Waals surface area contributed by atoms with E-state index in [9.17, 15) is 13.2 Å². The highest BCUT2D eigenvalue weighted by Gasteiger charge is 2.28. The van der Waals surface area contributed by atoms with E-state index in [-0.39, 0.29) is 11.4 Å². The number of methoxy groups -OCH3 is 1. The van der Waals surface area contributed by atoms with Gasteiger partial charge in [-0.2, -0.15) is 4.31 Å². The van der Waals surface area contributed by atoms with Crippen LogP contribution in [0.15, 0.2) is 53.4 Å². The van der Waals surface area contributed by atoms with Crippen molar-refractivity contribution in [3.05, 3.63) is 59.7 Å². The van der Waals surface area contributed by atoms with Gasteiger partial charge < -0.3 is 14.8 Å². The van der Waals surface area contributed by atoms with Gasteiger partial charge >= 0.3 is 5.97 Å². The van der Waals surface area contributed by atoms with Crippen LogP contribution in [0.4, 0.5) is 5.69 Å². The molecule has 2 aromatic carbocycles. The molecule has 1 saturated heterocycles. The summed E-state index contributed by atoms with van der Waals surface area (Å²) in [6.45, 7) is 1.73. The van der Waals surface area contributed by atoms with Crippen molar-refractivity contribution < 1.29 is 22.7 Å². The van der Waals surface area contributed by atoms with E-state index in [0.717, 1.165) is 0 Å². The van der Waals surface area contributed by atoms with Crippen molar-refractivity contribution in [1.29, 1.82) is 0 Å². The number of hydrogen-bond donors (Lipinski definition) is 1. The summed E-state index contributed by atoms with van der Waals surface area (Å²) in [4.78, 5) is 12.2. The highest BCUT2D eigenvalue weighted by atomic mass is 32.2. The molecule has 0 unspecified atom stereocenters. The van der Waals surface area contributed by atoms with E-state index in [2.05, 4.69) is 5.32 Å². The van der Waals surface area contributed by atoms with Crippen LogP contribution in [0.3, 0.4) is 0 Å². The van der Waals surface area contributed by atoms with Crippen LogP contribution in [0.1, 0.15) is 15.9 Å². The third kappa shape index (κ3) is 4.29. The second-order valence-corrected chi connectivity index (χ2v) is 7.92. The lowest BCUT2D eigenvalue weighted by Gasteiger charge is -2.27. The minimum absolute atomic E-state index is 0.258. The molecule has 0 bridgehead atoms. The Morgan fingerprint density at radius 3 is 2.52 bits per heavy atom. The third-order valence-electron chi connectivity index (χ3n) is 4.36. The van der Waals surface area contributed by atoms with Gasteiger partial charge in [0.2, 0.25) is 10.0 Å². The number of ether oxygens (including phenoxy) is 2. The Bertz CT molecular complexity index is 908. The topological polar surface area (TPSA) is 84.9 Å². The highest BCUT2D eigenvalue weighted by Crippen LogP contribution is 2.23. The van der Waals surface area contributed by atoms with Crippen LogP contribution < -0.4 is 5.32 Å². The molecule has 1 aliphatic heterocycles. The Kier molecular flexibility index (Phi) is 6.10. The van der Waals surface area contributed by atoms with Crippen LogP contribution in [0.25, 0.3) is 0 Å². The first kappa shape index (κ1) is 19.3. The van der Waals surface area contributed by atoms with Crippen LogP contribution >= 0.6 is 0 Å². The zero-order valence-corrected chi connectivity index (χ0v) is 15.9. The Hall–Kier alpha value is -2.42. The quantitative estimate of drug-likeness (QED) is 0.761. The number of anilines is 1. The Balaban J connectivity index is 1.85. The van der Waals surface area contributed by atoms with Crippen LogP contribution in [0.2, 0.25) is 0 Å². The van der Waals surface area contributed by atoms with Crippen molar-refractivity contribution in [3.63, 3.8) is 0 Å². The molecule has 7 nitrogen and oxygen atoms in total. The molecule has 0 atom stereocenters. The lowest BCUT2D eigenvalue weighted by Crippen LogP contribution is -2.41. The molecule has 0 spiro atoms. The van der Waals surface area contributed by atoms with E-state index < -0.39 is 16.0 Å². The van der Waals surface area contributed by atoms with Crippen molar-refractivity contribution in [2.24, 2.45) is 0 Å². The van der Waals surface area contributed by atoms with Crippen LogP contribution in [-0.2, 0) is 26.0 Å². The second kappa shape index (κ2) is 8.51. The van der Waals surface area contributed by atoms with Crippen LogP contribution in [0.5, 0.6) is 0 Å². The number of carbonyl (C=O) groups excluding carboxylic acids is 1. The number of nitrogens with one attached hydrogen (secondary N) is 1. The van der Waals surface area contributed by atoms with Gasteiger partial charge in [0, 0.05) is 25.3 Å². The Labute approximate surface area is 158 Å². The monoisotopic (exact) mass is 390 g/mol. The van der Waals surface area contributed by atoms with Crippen molar-refractivity contribution >= 4 is 21.7 Å². The predicted octanol–water partition coefficient (Wildman–Crippen LogP) is 2.11. The smallest absolute Gasteiger partial charge is 0.339 e. The number of para-hydroxylation sites is 1. The summed E-state index contributed by atoms with van der Waals surface area (Å²) in [6.07, 6.45) is 0. The Morgan fingerprint density at radius 2 is 1.78 bits per heavy atom. The number of benzene rings is 2. The number of sulfonamides is 1. The first-order valence-electron chi connectivity index (χ1n) is 8.61. The molecule has 8 heteroatoms. The van der Waals surface area contributed by atoms with Crippen molar-refractivity contribution in [1.82, 2.24) is 4.31 Å². The average molecular weight is 390 g/mol. The fourth-order valence-corrected chi connectivity index (χ4v) is 4.57. The summed E-state index contributed by atoms with van der Waals surface area (Å²) in [5, 5.41) is 3.15. The van der Waals surface area contributed by atoms with E-state index in [1.807, 2.05) is 0 Å². The van der Waals surface area contributed by atoms with Crippen molar-refractivity contribution in [3.8, 4) is 0 Å². The number of hydrogen-bond acceptors (Lipinski definition) is 6. The lowest BCUT2D eigenvalue weighted by molar-refractivity contribution is 0.0602. The summed E-state index contributed by atoms with van der Waals surface area (Å²) in [6, 6.07) is 13.8. The molecule has 0 amide bonds. The van der Waals surface area contributed by atoms with Crippen molar-refractivity contribution in [2.45, 2.75) is 11.4 Å². The maximum absolute atomic E-state index is 13.0. The molecule has 27 heavy (non-hydrogen) atoms. The van der Waals surface area contributed by atoms with Gasteiger partial charge in [-0.05, 0) is 23.8 Å². The summed E-state index contributed by atoms with van der Waals surface area (Å²) >= 11 is 0. The molecule has 1 heterocycles. The summed E-state index contributed by atoms with van der Waals surface area (Å²) in [5.74, 6) is -0.452. The first-order valence-corrected chi connectivity index (χ1v) is 10.0. The van der Waals surface area contributed by atoms with E-state index in [4.69, 9.17) is 9.47 Å². The molecular formula is C19H22N2O5S. The van der Waals surface area contributed by atoms with Gasteiger partial charge in [-0.25, -0.2) is 13.2 Å². The third-order valence-corrected chi connectivity index (χ3v) is 6.36. The number of rotatable bonds is 6. The molecule has 1 aliphatic rings. The van der Waals surface area contributed by atoms with Gasteiger partial charge in [0.15, 0.2) is 0 Å². The van der Waals surface area contributed by atoms with Gasteiger partial charge in [-0.1, -0.05) is 30.3 Å². The van der Waals surface area contributed by atoms with Crippen LogP contribution in [0, 0.1) is 0 Å². The number of carbonyl (C=O) groups is 1. The fraction of sp³-hybridized carbons (Fsp3) is 0.316. The number of nitrogens with zero attached hydrogens (tertiary/aromatic N) is 1. The summed E-state index contributed by atoms with van der Waals surface area (Å²) < 4.78 is 37.5. The van der Waals surface area contributed by atoms with Crippen molar-refractivity contribution in [2.75, 3.05) is 38.7 Å². The second-order valence-electron chi connectivity index (χ2n) is 6.01. The molecule has 0 aliphatic carbocycles. The molecule has 0 saturated carbocycles.